The lowest BCUT2D eigenvalue weighted by atomic mass is 9.88. The molecule has 31 heavy (non-hydrogen) atoms. The Labute approximate surface area is 182 Å². The first kappa shape index (κ1) is 21.0. The largest absolute Gasteiger partial charge is 0.493 e. The molecule has 0 fully saturated rings. The van der Waals surface area contributed by atoms with Crippen molar-refractivity contribution in [3.63, 3.8) is 0 Å². The number of rotatable bonds is 6. The third kappa shape index (κ3) is 3.90. The highest BCUT2D eigenvalue weighted by atomic mass is 16.5. The van der Waals surface area contributed by atoms with Gasteiger partial charge in [-0.1, -0.05) is 12.1 Å². The topological polar surface area (TPSA) is 62.6 Å². The Morgan fingerprint density at radius 1 is 1.16 bits per heavy atom. The number of nitrogens with zero attached hydrogens (tertiary/aromatic N) is 2. The molecule has 4 rings (SSSR count). The lowest BCUT2D eigenvalue weighted by Gasteiger charge is -2.22. The highest BCUT2D eigenvalue weighted by Crippen LogP contribution is 2.43. The van der Waals surface area contributed by atoms with Gasteiger partial charge in [-0.3, -0.25) is 0 Å². The Morgan fingerprint density at radius 3 is 2.65 bits per heavy atom. The van der Waals surface area contributed by atoms with Crippen LogP contribution in [-0.2, 0) is 17.6 Å². The van der Waals surface area contributed by atoms with Gasteiger partial charge in [-0.2, -0.15) is 5.10 Å². The van der Waals surface area contributed by atoms with Gasteiger partial charge in [-0.25, -0.2) is 9.48 Å². The molecule has 0 unspecified atom stereocenters. The number of aryl methyl sites for hydroxylation is 2. The zero-order valence-corrected chi connectivity index (χ0v) is 18.7. The summed E-state index contributed by atoms with van der Waals surface area (Å²) in [6, 6.07) is 12.1. The molecule has 0 aliphatic heterocycles. The van der Waals surface area contributed by atoms with Crippen molar-refractivity contribution in [2.45, 2.75) is 46.6 Å². The molecule has 1 aliphatic carbocycles. The predicted octanol–water partition coefficient (Wildman–Crippen LogP) is 4.92. The zero-order chi connectivity index (χ0) is 22.1. The summed E-state index contributed by atoms with van der Waals surface area (Å²) in [4.78, 5) is 12.7. The second-order valence-corrected chi connectivity index (χ2v) is 7.97. The molecule has 1 aliphatic rings. The van der Waals surface area contributed by atoms with Crippen LogP contribution in [0.1, 0.15) is 48.0 Å². The third-order valence-corrected chi connectivity index (χ3v) is 5.35. The van der Waals surface area contributed by atoms with Gasteiger partial charge in [0.25, 0.3) is 0 Å². The van der Waals surface area contributed by atoms with Gasteiger partial charge in [-0.15, -0.1) is 0 Å². The van der Waals surface area contributed by atoms with Gasteiger partial charge in [0.2, 0.25) is 0 Å². The summed E-state index contributed by atoms with van der Waals surface area (Å²) >= 11 is 0. The molecule has 162 valence electrons. The van der Waals surface area contributed by atoms with Crippen molar-refractivity contribution in [2.24, 2.45) is 0 Å². The van der Waals surface area contributed by atoms with Gasteiger partial charge in [0.1, 0.15) is 0 Å². The molecule has 0 spiro atoms. The van der Waals surface area contributed by atoms with E-state index in [1.807, 2.05) is 55.8 Å². The molecule has 2 aromatic carbocycles. The van der Waals surface area contributed by atoms with E-state index in [0.717, 1.165) is 40.1 Å². The molecular formula is C25H28N2O4. The summed E-state index contributed by atoms with van der Waals surface area (Å²) < 4.78 is 18.8. The number of hydrogen-bond donors (Lipinski definition) is 0. The van der Waals surface area contributed by atoms with Crippen LogP contribution in [0.4, 0.5) is 0 Å². The molecule has 0 saturated heterocycles. The van der Waals surface area contributed by atoms with Gasteiger partial charge in [0.05, 0.1) is 31.2 Å². The third-order valence-electron chi connectivity index (χ3n) is 5.35. The minimum absolute atomic E-state index is 0.00628. The van der Waals surface area contributed by atoms with Crippen LogP contribution in [-0.4, -0.2) is 35.6 Å². The first-order chi connectivity index (χ1) is 14.9. The number of esters is 1. The maximum absolute atomic E-state index is 12.7. The number of carbonyl (C=O) groups is 1. The van der Waals surface area contributed by atoms with E-state index in [4.69, 9.17) is 19.3 Å². The molecule has 0 saturated carbocycles. The van der Waals surface area contributed by atoms with E-state index in [0.29, 0.717) is 30.2 Å². The van der Waals surface area contributed by atoms with Crippen LogP contribution in [0.2, 0.25) is 0 Å². The number of hydrogen-bond acceptors (Lipinski definition) is 5. The number of aromatic nitrogens is 2. The summed E-state index contributed by atoms with van der Waals surface area (Å²) in [5.74, 6) is 1.00. The molecule has 0 radical (unpaired) electrons. The summed E-state index contributed by atoms with van der Waals surface area (Å²) in [6.45, 7) is 8.13. The maximum atomic E-state index is 12.7. The van der Waals surface area contributed by atoms with Gasteiger partial charge >= 0.3 is 5.97 Å². The minimum atomic E-state index is -0.388. The molecule has 3 aromatic rings. The average Bonchev–Trinajstić information content (AvgIpc) is 3.13. The molecule has 0 atom stereocenters. The Morgan fingerprint density at radius 2 is 1.97 bits per heavy atom. The second-order valence-electron chi connectivity index (χ2n) is 7.97. The van der Waals surface area contributed by atoms with Crippen molar-refractivity contribution in [2.75, 3.05) is 13.7 Å². The van der Waals surface area contributed by atoms with Crippen LogP contribution in [0.25, 0.3) is 16.9 Å². The Kier molecular flexibility index (Phi) is 5.72. The Balaban J connectivity index is 1.97. The first-order valence-electron chi connectivity index (χ1n) is 10.7. The van der Waals surface area contributed by atoms with Crippen LogP contribution in [0.15, 0.2) is 36.4 Å². The molecule has 6 heteroatoms. The van der Waals surface area contributed by atoms with E-state index >= 15 is 0 Å². The van der Waals surface area contributed by atoms with Gasteiger partial charge in [0.15, 0.2) is 17.2 Å². The smallest absolute Gasteiger partial charge is 0.359 e. The fraction of sp³-hybridized carbons (Fsp3) is 0.360. The van der Waals surface area contributed by atoms with E-state index in [1.165, 1.54) is 0 Å². The lowest BCUT2D eigenvalue weighted by Crippen LogP contribution is -2.12. The number of benzene rings is 2. The fourth-order valence-electron chi connectivity index (χ4n) is 4.07. The quantitative estimate of drug-likeness (QED) is 0.530. The van der Waals surface area contributed by atoms with Crippen LogP contribution in [0.5, 0.6) is 11.5 Å². The number of carbonyl (C=O) groups excluding carboxylic acids is 1. The Hall–Kier alpha value is -3.28. The number of fused-ring (bicyclic) bond motifs is 3. The molecular weight excluding hydrogens is 392 g/mol. The van der Waals surface area contributed by atoms with E-state index < -0.39 is 0 Å². The SMILES string of the molecule is CCOC(=O)c1nn(-c2cccc(C)c2)c2c1CCc1cc(OC)c(OC(C)C)cc1-2. The normalized spacial score (nSPS) is 12.3. The second kappa shape index (κ2) is 8.46. The molecule has 1 aromatic heterocycles. The summed E-state index contributed by atoms with van der Waals surface area (Å²) in [7, 11) is 1.65. The summed E-state index contributed by atoms with van der Waals surface area (Å²) in [5, 5.41) is 4.72. The van der Waals surface area contributed by atoms with Crippen molar-refractivity contribution >= 4 is 5.97 Å². The van der Waals surface area contributed by atoms with Gasteiger partial charge in [-0.05, 0) is 75.9 Å². The van der Waals surface area contributed by atoms with E-state index in [9.17, 15) is 4.79 Å². The van der Waals surface area contributed by atoms with Crippen molar-refractivity contribution in [3.8, 4) is 28.4 Å². The standard InChI is InChI=1S/C25H28N2O4/c1-6-30-25(28)23-19-11-10-17-13-21(29-5)22(31-15(2)3)14-20(17)24(19)27(26-23)18-9-7-8-16(4)12-18/h7-9,12-15H,6,10-11H2,1-5H3. The number of ether oxygens (including phenoxy) is 3. The van der Waals surface area contributed by atoms with E-state index in [-0.39, 0.29) is 12.1 Å². The van der Waals surface area contributed by atoms with Crippen LogP contribution in [0.3, 0.4) is 0 Å². The molecule has 0 N–H and O–H groups in total. The van der Waals surface area contributed by atoms with Crippen LogP contribution < -0.4 is 9.47 Å². The van der Waals surface area contributed by atoms with Crippen molar-refractivity contribution in [3.05, 3.63) is 58.8 Å². The van der Waals surface area contributed by atoms with Gasteiger partial charge in [0, 0.05) is 11.1 Å². The monoisotopic (exact) mass is 420 g/mol. The minimum Gasteiger partial charge on any atom is -0.493 e. The summed E-state index contributed by atoms with van der Waals surface area (Å²) in [5.41, 5.74) is 6.37. The highest BCUT2D eigenvalue weighted by molar-refractivity contribution is 5.92. The van der Waals surface area contributed by atoms with Crippen molar-refractivity contribution in [1.29, 1.82) is 0 Å². The molecule has 0 bridgehead atoms. The lowest BCUT2D eigenvalue weighted by molar-refractivity contribution is 0.0517. The molecule has 1 heterocycles. The first-order valence-corrected chi connectivity index (χ1v) is 10.7. The predicted molar refractivity (Wildman–Crippen MR) is 119 cm³/mol. The number of methoxy groups -OCH3 is 1. The zero-order valence-electron chi connectivity index (χ0n) is 18.7. The Bertz CT molecular complexity index is 1130. The fourth-order valence-corrected chi connectivity index (χ4v) is 4.07. The molecule has 0 amide bonds. The van der Waals surface area contributed by atoms with E-state index in [2.05, 4.69) is 6.07 Å². The maximum Gasteiger partial charge on any atom is 0.359 e. The van der Waals surface area contributed by atoms with Crippen molar-refractivity contribution < 1.29 is 19.0 Å². The highest BCUT2D eigenvalue weighted by Gasteiger charge is 2.31. The molecule has 6 nitrogen and oxygen atoms in total. The van der Waals surface area contributed by atoms with Crippen LogP contribution >= 0.6 is 0 Å². The van der Waals surface area contributed by atoms with Crippen LogP contribution in [0, 0.1) is 6.92 Å². The van der Waals surface area contributed by atoms with E-state index in [1.54, 1.807) is 14.0 Å². The summed E-state index contributed by atoms with van der Waals surface area (Å²) in [6.07, 6.45) is 1.49. The van der Waals surface area contributed by atoms with Crippen molar-refractivity contribution in [1.82, 2.24) is 9.78 Å². The average molecular weight is 421 g/mol. The van der Waals surface area contributed by atoms with Gasteiger partial charge < -0.3 is 14.2 Å².